The van der Waals surface area contributed by atoms with Crippen molar-refractivity contribution in [2.45, 2.75) is 34.6 Å². The molecule has 0 atom stereocenters. The molecule has 15 heavy (non-hydrogen) atoms. The Hall–Kier alpha value is -0.290. The Morgan fingerprint density at radius 3 is 1.47 bits per heavy atom. The van der Waals surface area contributed by atoms with Gasteiger partial charge in [0.15, 0.2) is 0 Å². The topological polar surface area (TPSA) is 40.5 Å². The van der Waals surface area contributed by atoms with E-state index in [1.807, 2.05) is 39.8 Å². The fourth-order valence-electron chi connectivity index (χ4n) is 0.441. The zero-order valence-electron chi connectivity index (χ0n) is 10.3. The number of halogens is 1. The summed E-state index contributed by atoms with van der Waals surface area (Å²) in [6.07, 6.45) is 0. The number of aliphatic hydroxyl groups excluding tert-OH is 1. The quantitative estimate of drug-likeness (QED) is 0.706. The molecule has 0 aliphatic carbocycles. The van der Waals surface area contributed by atoms with E-state index in [1.165, 1.54) is 0 Å². The number of aliphatic hydroxyl groups is 1. The Morgan fingerprint density at radius 1 is 1.00 bits per heavy atom. The van der Waals surface area contributed by atoms with Crippen molar-refractivity contribution < 1.29 is 10.2 Å². The SMILES string of the molecule is CC.CC.CCO.Oc1ccc(I)cc1. The van der Waals surface area contributed by atoms with Gasteiger partial charge < -0.3 is 10.2 Å². The minimum absolute atomic E-state index is 0.250. The van der Waals surface area contributed by atoms with E-state index in [0.29, 0.717) is 5.75 Å². The molecule has 2 N–H and O–H groups in total. The van der Waals surface area contributed by atoms with Crippen molar-refractivity contribution in [1.82, 2.24) is 0 Å². The van der Waals surface area contributed by atoms with E-state index in [4.69, 9.17) is 10.2 Å². The van der Waals surface area contributed by atoms with Crippen LogP contribution in [0.5, 0.6) is 5.75 Å². The number of hydrogen-bond donors (Lipinski definition) is 2. The summed E-state index contributed by atoms with van der Waals surface area (Å²) in [5, 5.41) is 16.3. The van der Waals surface area contributed by atoms with Gasteiger partial charge in [-0.3, -0.25) is 0 Å². The van der Waals surface area contributed by atoms with Crippen LogP contribution in [0.2, 0.25) is 0 Å². The number of phenols is 1. The van der Waals surface area contributed by atoms with E-state index in [0.717, 1.165) is 3.57 Å². The summed E-state index contributed by atoms with van der Waals surface area (Å²) in [6.45, 7) is 9.93. The average molecular weight is 326 g/mol. The third-order valence-corrected chi connectivity index (χ3v) is 1.55. The zero-order chi connectivity index (χ0) is 12.7. The highest BCUT2D eigenvalue weighted by Gasteiger charge is 1.83. The van der Waals surface area contributed by atoms with Crippen LogP contribution in [-0.2, 0) is 0 Å². The minimum atomic E-state index is 0.250. The van der Waals surface area contributed by atoms with Gasteiger partial charge in [0.1, 0.15) is 5.75 Å². The van der Waals surface area contributed by atoms with E-state index >= 15 is 0 Å². The summed E-state index contributed by atoms with van der Waals surface area (Å²) in [5.41, 5.74) is 0. The molecule has 2 nitrogen and oxygen atoms in total. The number of aromatic hydroxyl groups is 1. The second kappa shape index (κ2) is 19.3. The molecular formula is C12H23IO2. The van der Waals surface area contributed by atoms with Gasteiger partial charge in [-0.2, -0.15) is 0 Å². The molecule has 1 rings (SSSR count). The van der Waals surface area contributed by atoms with Gasteiger partial charge in [0, 0.05) is 10.2 Å². The molecule has 0 saturated heterocycles. The predicted molar refractivity (Wildman–Crippen MR) is 76.3 cm³/mol. The summed E-state index contributed by atoms with van der Waals surface area (Å²) in [4.78, 5) is 0. The highest BCUT2D eigenvalue weighted by Crippen LogP contribution is 2.10. The first-order chi connectivity index (χ1) is 7.20. The maximum Gasteiger partial charge on any atom is 0.115 e. The summed E-state index contributed by atoms with van der Waals surface area (Å²) in [7, 11) is 0. The number of hydrogen-bond acceptors (Lipinski definition) is 2. The smallest absolute Gasteiger partial charge is 0.115 e. The summed E-state index contributed by atoms with van der Waals surface area (Å²) >= 11 is 2.19. The van der Waals surface area contributed by atoms with Crippen LogP contribution in [0.15, 0.2) is 24.3 Å². The first-order valence-corrected chi connectivity index (χ1v) is 6.34. The van der Waals surface area contributed by atoms with Crippen LogP contribution in [-0.4, -0.2) is 16.8 Å². The number of benzene rings is 1. The highest BCUT2D eigenvalue weighted by molar-refractivity contribution is 14.1. The molecule has 0 amide bonds. The van der Waals surface area contributed by atoms with Gasteiger partial charge in [-0.05, 0) is 53.8 Å². The van der Waals surface area contributed by atoms with Crippen molar-refractivity contribution in [2.75, 3.05) is 6.61 Å². The van der Waals surface area contributed by atoms with Crippen LogP contribution in [0, 0.1) is 3.57 Å². The molecule has 0 aliphatic rings. The molecule has 3 heteroatoms. The van der Waals surface area contributed by atoms with E-state index in [9.17, 15) is 0 Å². The van der Waals surface area contributed by atoms with Gasteiger partial charge in [-0.15, -0.1) is 0 Å². The van der Waals surface area contributed by atoms with Crippen LogP contribution >= 0.6 is 22.6 Å². The molecule has 0 aromatic heterocycles. The summed E-state index contributed by atoms with van der Waals surface area (Å²) in [5.74, 6) is 0.324. The Balaban J connectivity index is -0.000000176. The van der Waals surface area contributed by atoms with Crippen molar-refractivity contribution >= 4 is 22.6 Å². The van der Waals surface area contributed by atoms with Gasteiger partial charge in [0.2, 0.25) is 0 Å². The minimum Gasteiger partial charge on any atom is -0.508 e. The summed E-state index contributed by atoms with van der Waals surface area (Å²) < 4.78 is 1.14. The molecule has 0 bridgehead atoms. The van der Waals surface area contributed by atoms with Crippen molar-refractivity contribution in [3.8, 4) is 5.75 Å². The Labute approximate surface area is 107 Å². The Bertz CT molecular complexity index is 164. The molecular weight excluding hydrogens is 303 g/mol. The van der Waals surface area contributed by atoms with Crippen LogP contribution in [0.3, 0.4) is 0 Å². The predicted octanol–water partition coefficient (Wildman–Crippen LogP) is 4.05. The van der Waals surface area contributed by atoms with Crippen LogP contribution in [0.4, 0.5) is 0 Å². The first-order valence-electron chi connectivity index (χ1n) is 5.26. The van der Waals surface area contributed by atoms with Crippen molar-refractivity contribution in [2.24, 2.45) is 0 Å². The maximum absolute atomic E-state index is 8.75. The standard InChI is InChI=1S/C6H5IO.C2H6O.2C2H6/c7-5-1-3-6(8)4-2-5;1-2-3;2*1-2/h1-4,8H;3H,2H2,1H3;2*1-2H3. The van der Waals surface area contributed by atoms with E-state index in [2.05, 4.69) is 22.6 Å². The third kappa shape index (κ3) is 19.9. The second-order valence-electron chi connectivity index (χ2n) is 1.79. The molecule has 0 saturated carbocycles. The molecule has 0 aliphatic heterocycles. The molecule has 1 aromatic carbocycles. The van der Waals surface area contributed by atoms with E-state index in [1.54, 1.807) is 19.1 Å². The molecule has 1 aromatic rings. The molecule has 0 unspecified atom stereocenters. The monoisotopic (exact) mass is 326 g/mol. The first kappa shape index (κ1) is 20.2. The molecule has 90 valence electrons. The molecule has 0 spiro atoms. The highest BCUT2D eigenvalue weighted by atomic mass is 127. The largest absolute Gasteiger partial charge is 0.508 e. The second-order valence-corrected chi connectivity index (χ2v) is 3.04. The van der Waals surface area contributed by atoms with E-state index < -0.39 is 0 Å². The number of phenolic OH excluding ortho intramolecular Hbond substituents is 1. The fourth-order valence-corrected chi connectivity index (χ4v) is 0.801. The Morgan fingerprint density at radius 2 is 1.27 bits per heavy atom. The third-order valence-electron chi connectivity index (χ3n) is 0.827. The fraction of sp³-hybridized carbons (Fsp3) is 0.500. The normalized spacial score (nSPS) is 6.87. The summed E-state index contributed by atoms with van der Waals surface area (Å²) in [6, 6.07) is 7.05. The van der Waals surface area contributed by atoms with Gasteiger partial charge in [0.25, 0.3) is 0 Å². The van der Waals surface area contributed by atoms with Gasteiger partial charge in [-0.1, -0.05) is 27.7 Å². The van der Waals surface area contributed by atoms with Crippen LogP contribution in [0.25, 0.3) is 0 Å². The average Bonchev–Trinajstić information content (AvgIpc) is 2.29. The number of rotatable bonds is 0. The molecule has 0 heterocycles. The van der Waals surface area contributed by atoms with Gasteiger partial charge in [0.05, 0.1) is 0 Å². The van der Waals surface area contributed by atoms with Crippen molar-refractivity contribution in [3.63, 3.8) is 0 Å². The van der Waals surface area contributed by atoms with Gasteiger partial charge >= 0.3 is 0 Å². The Kier molecular flexibility index (Phi) is 26.0. The van der Waals surface area contributed by atoms with Gasteiger partial charge in [-0.25, -0.2) is 0 Å². The lowest BCUT2D eigenvalue weighted by Gasteiger charge is -1.87. The zero-order valence-corrected chi connectivity index (χ0v) is 12.4. The lowest BCUT2D eigenvalue weighted by atomic mass is 10.3. The van der Waals surface area contributed by atoms with Crippen molar-refractivity contribution in [1.29, 1.82) is 0 Å². The maximum atomic E-state index is 8.75. The van der Waals surface area contributed by atoms with E-state index in [-0.39, 0.29) is 6.61 Å². The lowest BCUT2D eigenvalue weighted by molar-refractivity contribution is 0.318. The van der Waals surface area contributed by atoms with Crippen LogP contribution < -0.4 is 0 Å². The molecule has 0 radical (unpaired) electrons. The van der Waals surface area contributed by atoms with Crippen molar-refractivity contribution in [3.05, 3.63) is 27.8 Å². The lowest BCUT2D eigenvalue weighted by Crippen LogP contribution is -1.65. The molecule has 0 fully saturated rings. The van der Waals surface area contributed by atoms with Crippen LogP contribution in [0.1, 0.15) is 34.6 Å².